The van der Waals surface area contributed by atoms with E-state index in [9.17, 15) is 14.4 Å². The molecule has 9 heteroatoms. The number of amides is 3. The largest absolute Gasteiger partial charge is 0.462 e. The fraction of sp³-hybridized carbons (Fsp3) is 0.318. The molecule has 2 N–H and O–H groups in total. The number of aryl methyl sites for hydroxylation is 1. The molecule has 0 spiro atoms. The monoisotopic (exact) mass is 461 g/mol. The Bertz CT molecular complexity index is 1080. The number of halogens is 1. The van der Waals surface area contributed by atoms with E-state index >= 15 is 0 Å². The number of thiophene rings is 1. The Morgan fingerprint density at radius 3 is 2.48 bits per heavy atom. The van der Waals surface area contributed by atoms with Crippen molar-refractivity contribution < 1.29 is 19.1 Å². The molecule has 164 valence electrons. The van der Waals surface area contributed by atoms with Crippen LogP contribution < -0.4 is 10.6 Å². The lowest BCUT2D eigenvalue weighted by molar-refractivity contribution is -0.113. The van der Waals surface area contributed by atoms with Gasteiger partial charge in [-0.25, -0.2) is 9.59 Å². The third-order valence-electron chi connectivity index (χ3n) is 5.29. The van der Waals surface area contributed by atoms with Gasteiger partial charge in [0.2, 0.25) is 0 Å². The molecule has 0 radical (unpaired) electrons. The van der Waals surface area contributed by atoms with Crippen LogP contribution in [-0.4, -0.2) is 36.5 Å². The van der Waals surface area contributed by atoms with Crippen molar-refractivity contribution in [3.8, 4) is 0 Å². The maximum absolute atomic E-state index is 13.4. The zero-order chi connectivity index (χ0) is 22.9. The number of esters is 1. The average Bonchev–Trinajstić information content (AvgIpc) is 2.99. The summed E-state index contributed by atoms with van der Waals surface area (Å²) in [5.41, 5.74) is 2.74. The predicted molar refractivity (Wildman–Crippen MR) is 122 cm³/mol. The van der Waals surface area contributed by atoms with Gasteiger partial charge in [-0.15, -0.1) is 11.3 Å². The highest BCUT2D eigenvalue weighted by molar-refractivity contribution is 7.16. The van der Waals surface area contributed by atoms with E-state index in [1.807, 2.05) is 13.8 Å². The number of anilines is 1. The van der Waals surface area contributed by atoms with Gasteiger partial charge in [0.15, 0.2) is 0 Å². The summed E-state index contributed by atoms with van der Waals surface area (Å²) in [5, 5.41) is 6.71. The molecule has 1 aliphatic rings. The van der Waals surface area contributed by atoms with Crippen molar-refractivity contribution in [1.82, 2.24) is 10.2 Å². The van der Waals surface area contributed by atoms with Gasteiger partial charge in [-0.05, 0) is 51.0 Å². The van der Waals surface area contributed by atoms with Gasteiger partial charge in [0, 0.05) is 22.6 Å². The topological polar surface area (TPSA) is 87.7 Å². The first-order valence-electron chi connectivity index (χ1n) is 9.74. The highest BCUT2D eigenvalue weighted by atomic mass is 35.5. The number of ether oxygens (including phenoxy) is 1. The Morgan fingerprint density at radius 1 is 1.23 bits per heavy atom. The maximum atomic E-state index is 13.4. The van der Waals surface area contributed by atoms with Gasteiger partial charge in [0.1, 0.15) is 5.00 Å². The molecule has 0 aliphatic carbocycles. The van der Waals surface area contributed by atoms with Gasteiger partial charge in [0.05, 0.1) is 23.8 Å². The van der Waals surface area contributed by atoms with Crippen molar-refractivity contribution in [2.24, 2.45) is 0 Å². The third-order valence-corrected chi connectivity index (χ3v) is 6.67. The summed E-state index contributed by atoms with van der Waals surface area (Å²) in [5.74, 6) is -0.884. The second-order valence-electron chi connectivity index (χ2n) is 7.15. The molecule has 1 aromatic carbocycles. The molecule has 1 aromatic heterocycles. The van der Waals surface area contributed by atoms with Gasteiger partial charge >= 0.3 is 12.0 Å². The molecule has 0 bridgehead atoms. The number of nitrogens with one attached hydrogen (secondary N) is 2. The molecule has 0 saturated heterocycles. The van der Waals surface area contributed by atoms with Crippen LogP contribution in [0.2, 0.25) is 5.02 Å². The summed E-state index contributed by atoms with van der Waals surface area (Å²) < 4.78 is 5.17. The average molecular weight is 462 g/mol. The van der Waals surface area contributed by atoms with E-state index in [0.29, 0.717) is 26.9 Å². The number of allylic oxidation sites excluding steroid dienone is 1. The molecule has 1 aliphatic heterocycles. The minimum absolute atomic E-state index is 0.236. The SMILES string of the molecule is CCOC(=O)c1c(NC(=O)C2=C(C)N(C)C(=O)N[C@H]2c2ccc(Cl)cc2)sc(C)c1C. The number of nitrogens with zero attached hydrogens (tertiary/aromatic N) is 1. The summed E-state index contributed by atoms with van der Waals surface area (Å²) >= 11 is 7.31. The Balaban J connectivity index is 2.02. The molecule has 3 rings (SSSR count). The van der Waals surface area contributed by atoms with Gasteiger partial charge < -0.3 is 20.3 Å². The summed E-state index contributed by atoms with van der Waals surface area (Å²) in [6.45, 7) is 7.39. The first-order chi connectivity index (χ1) is 14.6. The smallest absolute Gasteiger partial charge is 0.341 e. The quantitative estimate of drug-likeness (QED) is 0.626. The molecule has 0 fully saturated rings. The first-order valence-corrected chi connectivity index (χ1v) is 10.9. The first kappa shape index (κ1) is 22.8. The number of hydrogen-bond acceptors (Lipinski definition) is 5. The molecule has 0 unspecified atom stereocenters. The van der Waals surface area contributed by atoms with Crippen LogP contribution in [0, 0.1) is 13.8 Å². The van der Waals surface area contributed by atoms with E-state index in [4.69, 9.17) is 16.3 Å². The lowest BCUT2D eigenvalue weighted by Crippen LogP contribution is -2.46. The fourth-order valence-corrected chi connectivity index (χ4v) is 4.54. The van der Waals surface area contributed by atoms with Gasteiger partial charge in [-0.3, -0.25) is 4.79 Å². The highest BCUT2D eigenvalue weighted by Crippen LogP contribution is 2.36. The Kier molecular flexibility index (Phi) is 6.71. The third kappa shape index (κ3) is 4.45. The number of benzene rings is 1. The fourth-order valence-electron chi connectivity index (χ4n) is 3.37. The van der Waals surface area contributed by atoms with Crippen LogP contribution in [0.15, 0.2) is 35.5 Å². The number of urea groups is 1. The van der Waals surface area contributed by atoms with Gasteiger partial charge in [-0.1, -0.05) is 23.7 Å². The molecule has 31 heavy (non-hydrogen) atoms. The van der Waals surface area contributed by atoms with Crippen LogP contribution in [0.1, 0.15) is 46.3 Å². The summed E-state index contributed by atoms with van der Waals surface area (Å²) in [6.07, 6.45) is 0. The normalized spacial score (nSPS) is 16.3. The van der Waals surface area contributed by atoms with Crippen LogP contribution in [-0.2, 0) is 9.53 Å². The summed E-state index contributed by atoms with van der Waals surface area (Å²) in [6, 6.07) is 5.97. The highest BCUT2D eigenvalue weighted by Gasteiger charge is 2.35. The number of carbonyl (C=O) groups is 3. The van der Waals surface area contributed by atoms with Gasteiger partial charge in [-0.2, -0.15) is 0 Å². The van der Waals surface area contributed by atoms with Crippen molar-refractivity contribution >= 4 is 45.8 Å². The second-order valence-corrected chi connectivity index (χ2v) is 8.82. The Hall–Kier alpha value is -2.84. The molecular formula is C22H24ClN3O4S. The molecule has 1 atom stereocenters. The summed E-state index contributed by atoms with van der Waals surface area (Å²) in [7, 11) is 1.60. The minimum atomic E-state index is -0.658. The lowest BCUT2D eigenvalue weighted by Gasteiger charge is -2.33. The van der Waals surface area contributed by atoms with Gasteiger partial charge in [0.25, 0.3) is 5.91 Å². The van der Waals surface area contributed by atoms with E-state index in [0.717, 1.165) is 16.0 Å². The summed E-state index contributed by atoms with van der Waals surface area (Å²) in [4.78, 5) is 40.6. The van der Waals surface area contributed by atoms with E-state index in [1.165, 1.54) is 16.2 Å². The predicted octanol–water partition coefficient (Wildman–Crippen LogP) is 4.80. The van der Waals surface area contributed by atoms with E-state index in [2.05, 4.69) is 10.6 Å². The van der Waals surface area contributed by atoms with Crippen LogP contribution in [0.3, 0.4) is 0 Å². The zero-order valence-electron chi connectivity index (χ0n) is 18.0. The number of hydrogen-bond donors (Lipinski definition) is 2. The van der Waals surface area contributed by atoms with Crippen molar-refractivity contribution in [3.05, 3.63) is 62.1 Å². The van der Waals surface area contributed by atoms with Crippen LogP contribution >= 0.6 is 22.9 Å². The van der Waals surface area contributed by atoms with Crippen molar-refractivity contribution in [3.63, 3.8) is 0 Å². The molecule has 3 amide bonds. The van der Waals surface area contributed by atoms with E-state index < -0.39 is 17.9 Å². The van der Waals surface area contributed by atoms with Crippen molar-refractivity contribution in [2.75, 3.05) is 19.0 Å². The Morgan fingerprint density at radius 2 is 1.87 bits per heavy atom. The van der Waals surface area contributed by atoms with E-state index in [1.54, 1.807) is 45.2 Å². The number of rotatable bonds is 5. The van der Waals surface area contributed by atoms with Crippen LogP contribution in [0.5, 0.6) is 0 Å². The Labute approximate surface area is 190 Å². The molecule has 0 saturated carbocycles. The number of carbonyl (C=O) groups excluding carboxylic acids is 3. The van der Waals surface area contributed by atoms with Crippen molar-refractivity contribution in [2.45, 2.75) is 33.7 Å². The molecule has 2 heterocycles. The molecule has 2 aromatic rings. The van der Waals surface area contributed by atoms with Crippen molar-refractivity contribution in [1.29, 1.82) is 0 Å². The minimum Gasteiger partial charge on any atom is -0.462 e. The lowest BCUT2D eigenvalue weighted by atomic mass is 9.94. The van der Waals surface area contributed by atoms with Crippen LogP contribution in [0.25, 0.3) is 0 Å². The molecule has 7 nitrogen and oxygen atoms in total. The second kappa shape index (κ2) is 9.11. The van der Waals surface area contributed by atoms with E-state index in [-0.39, 0.29) is 12.6 Å². The zero-order valence-corrected chi connectivity index (χ0v) is 19.5. The van der Waals surface area contributed by atoms with Crippen LogP contribution in [0.4, 0.5) is 9.80 Å². The molecular weight excluding hydrogens is 438 g/mol. The standard InChI is InChI=1S/C22H24ClN3O4S/c1-6-30-21(28)16-11(2)13(4)31-20(16)25-19(27)17-12(3)26(5)22(29)24-18(17)14-7-9-15(23)10-8-14/h7-10,18H,6H2,1-5H3,(H,24,29)(H,25,27)/t18-/m0/s1. The maximum Gasteiger partial charge on any atom is 0.341 e.